The third-order valence-corrected chi connectivity index (χ3v) is 3.29. The number of carbonyl (C=O) groups is 2. The molecule has 0 aromatic carbocycles. The van der Waals surface area contributed by atoms with Gasteiger partial charge in [-0.25, -0.2) is 4.79 Å². The summed E-state index contributed by atoms with van der Waals surface area (Å²) in [5.74, 6) is -0.509. The maximum atomic E-state index is 11.8. The lowest BCUT2D eigenvalue weighted by atomic mass is 10.2. The standard InChI is InChI=1S/C12H15NO3S/c1-8-7-10(9(14)5-6-13(2)3)17-11(8)12(15)16-4/h5-7H,1-4H3/b6-5+. The van der Waals surface area contributed by atoms with E-state index in [-0.39, 0.29) is 5.78 Å². The number of rotatable bonds is 4. The second-order valence-electron chi connectivity index (χ2n) is 3.76. The number of esters is 1. The average molecular weight is 253 g/mol. The first-order chi connectivity index (χ1) is 7.95. The highest BCUT2D eigenvalue weighted by Crippen LogP contribution is 2.23. The highest BCUT2D eigenvalue weighted by Gasteiger charge is 2.16. The first-order valence-electron chi connectivity index (χ1n) is 5.03. The molecular formula is C12H15NO3S. The number of ether oxygens (including phenoxy) is 1. The van der Waals surface area contributed by atoms with Gasteiger partial charge in [-0.3, -0.25) is 4.79 Å². The minimum Gasteiger partial charge on any atom is -0.465 e. The molecule has 4 nitrogen and oxygen atoms in total. The van der Waals surface area contributed by atoms with Crippen molar-refractivity contribution in [3.05, 3.63) is 33.7 Å². The van der Waals surface area contributed by atoms with E-state index in [4.69, 9.17) is 0 Å². The van der Waals surface area contributed by atoms with Gasteiger partial charge in [-0.2, -0.15) is 0 Å². The molecule has 1 aromatic heterocycles. The largest absolute Gasteiger partial charge is 0.465 e. The summed E-state index contributed by atoms with van der Waals surface area (Å²) >= 11 is 1.16. The molecule has 92 valence electrons. The molecule has 1 heterocycles. The van der Waals surface area contributed by atoms with Crippen molar-refractivity contribution in [1.29, 1.82) is 0 Å². The van der Waals surface area contributed by atoms with Gasteiger partial charge in [0.25, 0.3) is 0 Å². The Hall–Kier alpha value is -1.62. The Balaban J connectivity index is 2.94. The van der Waals surface area contributed by atoms with E-state index in [0.29, 0.717) is 9.75 Å². The van der Waals surface area contributed by atoms with E-state index in [2.05, 4.69) is 4.74 Å². The Kier molecular flexibility index (Phi) is 4.45. The van der Waals surface area contributed by atoms with Crippen LogP contribution in [-0.2, 0) is 4.74 Å². The van der Waals surface area contributed by atoms with E-state index in [1.807, 2.05) is 14.1 Å². The SMILES string of the molecule is COC(=O)c1sc(C(=O)/C=C/N(C)C)cc1C. The smallest absolute Gasteiger partial charge is 0.348 e. The first-order valence-corrected chi connectivity index (χ1v) is 5.85. The quantitative estimate of drug-likeness (QED) is 0.468. The van der Waals surface area contributed by atoms with Crippen LogP contribution >= 0.6 is 11.3 Å². The monoisotopic (exact) mass is 253 g/mol. The average Bonchev–Trinajstić information content (AvgIpc) is 2.67. The molecule has 0 atom stereocenters. The maximum absolute atomic E-state index is 11.8. The lowest BCUT2D eigenvalue weighted by molar-refractivity contribution is 0.0605. The Bertz CT molecular complexity index is 460. The van der Waals surface area contributed by atoms with Gasteiger partial charge in [0, 0.05) is 26.4 Å². The van der Waals surface area contributed by atoms with Crippen LogP contribution in [0.15, 0.2) is 18.3 Å². The summed E-state index contributed by atoms with van der Waals surface area (Å²) in [7, 11) is 5.00. The van der Waals surface area contributed by atoms with Gasteiger partial charge in [0.2, 0.25) is 0 Å². The molecule has 0 aliphatic carbocycles. The zero-order valence-electron chi connectivity index (χ0n) is 10.3. The van der Waals surface area contributed by atoms with Crippen molar-refractivity contribution >= 4 is 23.1 Å². The van der Waals surface area contributed by atoms with E-state index in [9.17, 15) is 9.59 Å². The number of ketones is 1. The third-order valence-electron chi connectivity index (χ3n) is 2.06. The first kappa shape index (κ1) is 13.4. The molecule has 0 saturated carbocycles. The molecule has 0 amide bonds. The van der Waals surface area contributed by atoms with Gasteiger partial charge < -0.3 is 9.64 Å². The fraction of sp³-hybridized carbons (Fsp3) is 0.333. The number of aryl methyl sites for hydroxylation is 1. The zero-order chi connectivity index (χ0) is 13.0. The van der Waals surface area contributed by atoms with Crippen molar-refractivity contribution in [1.82, 2.24) is 4.90 Å². The molecular weight excluding hydrogens is 238 g/mol. The fourth-order valence-electron chi connectivity index (χ4n) is 1.20. The molecule has 17 heavy (non-hydrogen) atoms. The van der Waals surface area contributed by atoms with Crippen LogP contribution in [0.25, 0.3) is 0 Å². The Morgan fingerprint density at radius 1 is 1.41 bits per heavy atom. The van der Waals surface area contributed by atoms with E-state index in [1.54, 1.807) is 24.1 Å². The molecule has 0 aliphatic heterocycles. The van der Waals surface area contributed by atoms with Crippen LogP contribution in [0.1, 0.15) is 24.9 Å². The molecule has 0 unspecified atom stereocenters. The molecule has 1 rings (SSSR count). The number of allylic oxidation sites excluding steroid dienone is 1. The number of thiophene rings is 1. The van der Waals surface area contributed by atoms with E-state index in [0.717, 1.165) is 16.9 Å². The molecule has 0 spiro atoms. The van der Waals surface area contributed by atoms with E-state index < -0.39 is 5.97 Å². The third kappa shape index (κ3) is 3.42. The molecule has 0 bridgehead atoms. The van der Waals surface area contributed by atoms with Gasteiger partial charge in [-0.05, 0) is 18.6 Å². The van der Waals surface area contributed by atoms with Crippen molar-refractivity contribution in [2.24, 2.45) is 0 Å². The summed E-state index contributed by atoms with van der Waals surface area (Å²) in [6.45, 7) is 1.79. The Morgan fingerprint density at radius 3 is 2.59 bits per heavy atom. The lowest BCUT2D eigenvalue weighted by Gasteiger charge is -2.01. The normalized spacial score (nSPS) is 10.6. The fourth-order valence-corrected chi connectivity index (χ4v) is 2.21. The van der Waals surface area contributed by atoms with Crippen molar-refractivity contribution < 1.29 is 14.3 Å². The Morgan fingerprint density at radius 2 is 2.06 bits per heavy atom. The van der Waals surface area contributed by atoms with Gasteiger partial charge in [0.05, 0.1) is 12.0 Å². The molecule has 0 saturated heterocycles. The lowest BCUT2D eigenvalue weighted by Crippen LogP contribution is -2.02. The summed E-state index contributed by atoms with van der Waals surface area (Å²) in [5, 5.41) is 0. The van der Waals surface area contributed by atoms with Crippen LogP contribution in [0.3, 0.4) is 0 Å². The van der Waals surface area contributed by atoms with Crippen LogP contribution in [0, 0.1) is 6.92 Å². The summed E-state index contributed by atoms with van der Waals surface area (Å²) in [4.78, 5) is 26.0. The molecule has 0 aliphatic rings. The summed E-state index contributed by atoms with van der Waals surface area (Å²) in [6.07, 6.45) is 3.15. The van der Waals surface area contributed by atoms with Gasteiger partial charge in [-0.1, -0.05) is 0 Å². The van der Waals surface area contributed by atoms with Crippen LogP contribution in [0.5, 0.6) is 0 Å². The van der Waals surface area contributed by atoms with Gasteiger partial charge in [0.15, 0.2) is 5.78 Å². The zero-order valence-corrected chi connectivity index (χ0v) is 11.1. The highest BCUT2D eigenvalue weighted by atomic mass is 32.1. The number of hydrogen-bond donors (Lipinski definition) is 0. The molecule has 0 N–H and O–H groups in total. The van der Waals surface area contributed by atoms with E-state index >= 15 is 0 Å². The summed E-state index contributed by atoms with van der Waals surface area (Å²) in [5.41, 5.74) is 0.767. The van der Waals surface area contributed by atoms with Crippen LogP contribution in [0.4, 0.5) is 0 Å². The van der Waals surface area contributed by atoms with Crippen LogP contribution in [0.2, 0.25) is 0 Å². The minimum atomic E-state index is -0.400. The van der Waals surface area contributed by atoms with Crippen LogP contribution < -0.4 is 0 Å². The van der Waals surface area contributed by atoms with Gasteiger partial charge >= 0.3 is 5.97 Å². The van der Waals surface area contributed by atoms with E-state index in [1.165, 1.54) is 13.2 Å². The predicted octanol–water partition coefficient (Wildman–Crippen LogP) is 2.10. The van der Waals surface area contributed by atoms with Crippen molar-refractivity contribution in [3.63, 3.8) is 0 Å². The Labute approximate surface area is 104 Å². The molecule has 1 aromatic rings. The van der Waals surface area contributed by atoms with Gasteiger partial charge in [-0.15, -0.1) is 11.3 Å². The second-order valence-corrected chi connectivity index (χ2v) is 4.81. The minimum absolute atomic E-state index is 0.109. The molecule has 0 fully saturated rings. The predicted molar refractivity (Wildman–Crippen MR) is 67.6 cm³/mol. The van der Waals surface area contributed by atoms with Crippen molar-refractivity contribution in [3.8, 4) is 0 Å². The number of hydrogen-bond acceptors (Lipinski definition) is 5. The summed E-state index contributed by atoms with van der Waals surface area (Å²) in [6, 6.07) is 1.71. The van der Waals surface area contributed by atoms with Crippen LogP contribution in [-0.4, -0.2) is 37.9 Å². The van der Waals surface area contributed by atoms with Gasteiger partial charge in [0.1, 0.15) is 4.88 Å². The number of nitrogens with zero attached hydrogens (tertiary/aromatic N) is 1. The number of carbonyl (C=O) groups excluding carboxylic acids is 2. The van der Waals surface area contributed by atoms with Crippen molar-refractivity contribution in [2.75, 3.05) is 21.2 Å². The summed E-state index contributed by atoms with van der Waals surface area (Å²) < 4.78 is 4.64. The molecule has 0 radical (unpaired) electrons. The number of methoxy groups -OCH3 is 1. The van der Waals surface area contributed by atoms with Crippen molar-refractivity contribution in [2.45, 2.75) is 6.92 Å². The topological polar surface area (TPSA) is 46.6 Å². The maximum Gasteiger partial charge on any atom is 0.348 e. The molecule has 5 heteroatoms. The highest BCUT2D eigenvalue weighted by molar-refractivity contribution is 7.16. The second kappa shape index (κ2) is 5.63.